The van der Waals surface area contributed by atoms with Crippen molar-refractivity contribution in [2.75, 3.05) is 18.4 Å². The Morgan fingerprint density at radius 2 is 1.89 bits per heavy atom. The van der Waals surface area contributed by atoms with Crippen LogP contribution in [0.15, 0.2) is 18.2 Å². The summed E-state index contributed by atoms with van der Waals surface area (Å²) >= 11 is 0. The lowest BCUT2D eigenvalue weighted by molar-refractivity contribution is -0.120. The van der Waals surface area contributed by atoms with Gasteiger partial charge < -0.3 is 10.6 Å². The van der Waals surface area contributed by atoms with E-state index in [2.05, 4.69) is 10.6 Å². The summed E-state index contributed by atoms with van der Waals surface area (Å²) in [4.78, 5) is 11.3. The summed E-state index contributed by atoms with van der Waals surface area (Å²) in [6, 6.07) is 3.65. The van der Waals surface area contributed by atoms with E-state index in [9.17, 15) is 13.6 Å². The molecule has 0 atom stereocenters. The molecule has 1 amide bonds. The van der Waals surface area contributed by atoms with Crippen LogP contribution in [0.1, 0.15) is 26.2 Å². The largest absolute Gasteiger partial charge is 0.380 e. The molecule has 0 unspecified atom stereocenters. The van der Waals surface area contributed by atoms with Crippen LogP contribution in [0.2, 0.25) is 0 Å². The van der Waals surface area contributed by atoms with E-state index in [4.69, 9.17) is 0 Å². The Kier molecular flexibility index (Phi) is 6.11. The van der Waals surface area contributed by atoms with Crippen LogP contribution in [0.3, 0.4) is 0 Å². The molecule has 2 N–H and O–H groups in total. The second-order valence-corrected chi connectivity index (χ2v) is 3.98. The molecule has 3 nitrogen and oxygen atoms in total. The summed E-state index contributed by atoms with van der Waals surface area (Å²) in [7, 11) is 0. The summed E-state index contributed by atoms with van der Waals surface area (Å²) in [5.41, 5.74) is -0.182. The minimum Gasteiger partial charge on any atom is -0.380 e. The van der Waals surface area contributed by atoms with Gasteiger partial charge in [-0.1, -0.05) is 19.4 Å². The Bertz CT molecular complexity index is 376. The number of unbranched alkanes of at least 4 members (excludes halogenated alkanes) is 1. The molecule has 0 saturated heterocycles. The molecule has 0 fully saturated rings. The molecule has 0 aliphatic heterocycles. The van der Waals surface area contributed by atoms with Crippen molar-refractivity contribution < 1.29 is 13.6 Å². The number of para-hydroxylation sites is 1. The average Bonchev–Trinajstić information content (AvgIpc) is 2.33. The molecule has 18 heavy (non-hydrogen) atoms. The number of rotatable bonds is 7. The normalized spacial score (nSPS) is 10.2. The highest BCUT2D eigenvalue weighted by Gasteiger charge is 2.08. The number of carbonyl (C=O) groups is 1. The van der Waals surface area contributed by atoms with E-state index in [0.717, 1.165) is 12.8 Å². The fourth-order valence-corrected chi connectivity index (χ4v) is 1.46. The molecule has 0 saturated carbocycles. The van der Waals surface area contributed by atoms with Crippen LogP contribution in [0, 0.1) is 11.6 Å². The lowest BCUT2D eigenvalue weighted by Crippen LogP contribution is -2.26. The molecule has 5 heteroatoms. The molecule has 0 heterocycles. The quantitative estimate of drug-likeness (QED) is 0.736. The molecule has 100 valence electrons. The van der Waals surface area contributed by atoms with E-state index in [1.807, 2.05) is 6.92 Å². The highest BCUT2D eigenvalue weighted by atomic mass is 19.1. The second kappa shape index (κ2) is 7.63. The SMILES string of the molecule is CCCCNC(=O)CCNc1c(F)cccc1F. The van der Waals surface area contributed by atoms with Gasteiger partial charge in [0.05, 0.1) is 0 Å². The number of benzene rings is 1. The van der Waals surface area contributed by atoms with Gasteiger partial charge in [-0.05, 0) is 18.6 Å². The van der Waals surface area contributed by atoms with E-state index in [-0.39, 0.29) is 24.6 Å². The van der Waals surface area contributed by atoms with Crippen LogP contribution in [0.5, 0.6) is 0 Å². The standard InChI is InChI=1S/C13H18F2N2O/c1-2-3-8-16-12(18)7-9-17-13-10(14)5-4-6-11(13)15/h4-6,17H,2-3,7-9H2,1H3,(H,16,18). The summed E-state index contributed by atoms with van der Waals surface area (Å²) in [5, 5.41) is 5.32. The van der Waals surface area contributed by atoms with Gasteiger partial charge in [0, 0.05) is 19.5 Å². The van der Waals surface area contributed by atoms with Crippen molar-refractivity contribution in [1.29, 1.82) is 0 Å². The number of carbonyl (C=O) groups excluding carboxylic acids is 1. The fraction of sp³-hybridized carbons (Fsp3) is 0.462. The summed E-state index contributed by atoms with van der Waals surface area (Å²) in [5.74, 6) is -1.42. The van der Waals surface area contributed by atoms with E-state index >= 15 is 0 Å². The van der Waals surface area contributed by atoms with Crippen molar-refractivity contribution in [2.24, 2.45) is 0 Å². The first-order chi connectivity index (χ1) is 8.65. The molecule has 0 radical (unpaired) electrons. The third-order valence-electron chi connectivity index (χ3n) is 2.47. The molecule has 0 aromatic heterocycles. The minimum atomic E-state index is -0.651. The molecular formula is C13H18F2N2O. The summed E-state index contributed by atoms with van der Waals surface area (Å²) in [6.45, 7) is 2.88. The van der Waals surface area contributed by atoms with Gasteiger partial charge in [-0.3, -0.25) is 4.79 Å². The van der Waals surface area contributed by atoms with Crippen molar-refractivity contribution in [1.82, 2.24) is 5.32 Å². The molecule has 0 bridgehead atoms. The Morgan fingerprint density at radius 3 is 2.50 bits per heavy atom. The van der Waals surface area contributed by atoms with Crippen LogP contribution >= 0.6 is 0 Å². The number of amides is 1. The second-order valence-electron chi connectivity index (χ2n) is 3.98. The fourth-order valence-electron chi connectivity index (χ4n) is 1.46. The van der Waals surface area contributed by atoms with Crippen molar-refractivity contribution >= 4 is 11.6 Å². The van der Waals surface area contributed by atoms with E-state index in [0.29, 0.717) is 6.54 Å². The Labute approximate surface area is 106 Å². The zero-order chi connectivity index (χ0) is 13.4. The minimum absolute atomic E-state index is 0.118. The molecular weight excluding hydrogens is 238 g/mol. The van der Waals surface area contributed by atoms with Crippen molar-refractivity contribution in [2.45, 2.75) is 26.2 Å². The van der Waals surface area contributed by atoms with Gasteiger partial charge in [0.15, 0.2) is 0 Å². The molecule has 1 aromatic carbocycles. The van der Waals surface area contributed by atoms with Gasteiger partial charge >= 0.3 is 0 Å². The van der Waals surface area contributed by atoms with Gasteiger partial charge in [-0.25, -0.2) is 8.78 Å². The topological polar surface area (TPSA) is 41.1 Å². The number of hydrogen-bond donors (Lipinski definition) is 2. The van der Waals surface area contributed by atoms with Crippen LogP contribution < -0.4 is 10.6 Å². The predicted octanol–water partition coefficient (Wildman–Crippen LogP) is 2.68. The first-order valence-electron chi connectivity index (χ1n) is 6.09. The van der Waals surface area contributed by atoms with E-state index < -0.39 is 11.6 Å². The number of anilines is 1. The van der Waals surface area contributed by atoms with Gasteiger partial charge in [-0.2, -0.15) is 0 Å². The lowest BCUT2D eigenvalue weighted by Gasteiger charge is -2.08. The smallest absolute Gasteiger partial charge is 0.221 e. The highest BCUT2D eigenvalue weighted by Crippen LogP contribution is 2.17. The first kappa shape index (κ1) is 14.4. The van der Waals surface area contributed by atoms with Gasteiger partial charge in [-0.15, -0.1) is 0 Å². The van der Waals surface area contributed by atoms with Crippen LogP contribution in [0.4, 0.5) is 14.5 Å². The van der Waals surface area contributed by atoms with E-state index in [1.165, 1.54) is 18.2 Å². The average molecular weight is 256 g/mol. The predicted molar refractivity (Wildman–Crippen MR) is 67.4 cm³/mol. The van der Waals surface area contributed by atoms with E-state index in [1.54, 1.807) is 0 Å². The third kappa shape index (κ3) is 4.69. The molecule has 0 aliphatic carbocycles. The first-order valence-corrected chi connectivity index (χ1v) is 6.09. The molecule has 1 aromatic rings. The molecule has 0 spiro atoms. The maximum Gasteiger partial charge on any atom is 0.221 e. The Hall–Kier alpha value is -1.65. The van der Waals surface area contributed by atoms with Crippen molar-refractivity contribution in [3.63, 3.8) is 0 Å². The molecule has 1 rings (SSSR count). The van der Waals surface area contributed by atoms with Crippen molar-refractivity contribution in [3.05, 3.63) is 29.8 Å². The maximum atomic E-state index is 13.2. The lowest BCUT2D eigenvalue weighted by atomic mass is 10.2. The summed E-state index contributed by atoms with van der Waals surface area (Å²) < 4.78 is 26.4. The number of hydrogen-bond acceptors (Lipinski definition) is 2. The number of nitrogens with one attached hydrogen (secondary N) is 2. The van der Waals surface area contributed by atoms with Crippen molar-refractivity contribution in [3.8, 4) is 0 Å². The zero-order valence-electron chi connectivity index (χ0n) is 10.4. The van der Waals surface area contributed by atoms with Gasteiger partial charge in [0.2, 0.25) is 5.91 Å². The maximum absolute atomic E-state index is 13.2. The Morgan fingerprint density at radius 1 is 1.22 bits per heavy atom. The van der Waals surface area contributed by atoms with Crippen LogP contribution in [0.25, 0.3) is 0 Å². The zero-order valence-corrected chi connectivity index (χ0v) is 10.4. The molecule has 0 aliphatic rings. The van der Waals surface area contributed by atoms with Gasteiger partial charge in [0.1, 0.15) is 17.3 Å². The van der Waals surface area contributed by atoms with Gasteiger partial charge in [0.25, 0.3) is 0 Å². The Balaban J connectivity index is 2.31. The third-order valence-corrected chi connectivity index (χ3v) is 2.47. The highest BCUT2D eigenvalue weighted by molar-refractivity contribution is 5.76. The van der Waals surface area contributed by atoms with Crippen LogP contribution in [-0.4, -0.2) is 19.0 Å². The van der Waals surface area contributed by atoms with Crippen LogP contribution in [-0.2, 0) is 4.79 Å². The monoisotopic (exact) mass is 256 g/mol. The summed E-state index contributed by atoms with van der Waals surface area (Å²) in [6.07, 6.45) is 2.14. The number of halogens is 2.